The summed E-state index contributed by atoms with van der Waals surface area (Å²) in [5, 5.41) is 7.07. The van der Waals surface area contributed by atoms with Crippen LogP contribution in [0.25, 0.3) is 0 Å². The van der Waals surface area contributed by atoms with Crippen molar-refractivity contribution < 1.29 is 0 Å². The van der Waals surface area contributed by atoms with Gasteiger partial charge in [0.2, 0.25) is 0 Å². The topological polar surface area (TPSA) is 28.2 Å². The molecule has 1 saturated heterocycles. The van der Waals surface area contributed by atoms with E-state index in [1.807, 2.05) is 6.20 Å². The predicted octanol–water partition coefficient (Wildman–Crippen LogP) is 2.96. The van der Waals surface area contributed by atoms with Crippen LogP contribution >= 0.6 is 11.3 Å². The van der Waals surface area contributed by atoms with Gasteiger partial charge in [0.05, 0.1) is 5.01 Å². The second-order valence-corrected chi connectivity index (χ2v) is 6.76. The van der Waals surface area contributed by atoms with E-state index in [0.29, 0.717) is 12.0 Å². The molecule has 19 heavy (non-hydrogen) atoms. The van der Waals surface area contributed by atoms with E-state index in [0.717, 1.165) is 19.0 Å². The van der Waals surface area contributed by atoms with Crippen molar-refractivity contribution in [1.29, 1.82) is 0 Å². The van der Waals surface area contributed by atoms with Gasteiger partial charge in [0.25, 0.3) is 0 Å². The van der Waals surface area contributed by atoms with Gasteiger partial charge in [-0.15, -0.1) is 11.3 Å². The summed E-state index contributed by atoms with van der Waals surface area (Å²) < 4.78 is 0. The summed E-state index contributed by atoms with van der Waals surface area (Å²) >= 11 is 1.78. The third-order valence-electron chi connectivity index (χ3n) is 4.25. The molecule has 0 amide bonds. The minimum atomic E-state index is 0.552. The van der Waals surface area contributed by atoms with Gasteiger partial charge < -0.3 is 10.2 Å². The average molecular weight is 281 g/mol. The van der Waals surface area contributed by atoms with Gasteiger partial charge in [-0.1, -0.05) is 27.2 Å². The molecule has 0 bridgehead atoms. The van der Waals surface area contributed by atoms with Crippen LogP contribution in [0.2, 0.25) is 0 Å². The lowest BCUT2D eigenvalue weighted by molar-refractivity contribution is 0.229. The molecule has 0 aromatic carbocycles. The molecule has 2 rings (SSSR count). The fraction of sp³-hybridized carbons (Fsp3) is 0.800. The molecule has 0 aliphatic carbocycles. The third kappa shape index (κ3) is 4.26. The van der Waals surface area contributed by atoms with Crippen LogP contribution in [0.5, 0.6) is 0 Å². The zero-order chi connectivity index (χ0) is 13.7. The zero-order valence-corrected chi connectivity index (χ0v) is 13.2. The molecule has 1 aromatic rings. The Morgan fingerprint density at radius 1 is 1.53 bits per heavy atom. The summed E-state index contributed by atoms with van der Waals surface area (Å²) in [7, 11) is 0. The van der Waals surface area contributed by atoms with Crippen molar-refractivity contribution in [3.8, 4) is 0 Å². The minimum absolute atomic E-state index is 0.552. The van der Waals surface area contributed by atoms with E-state index in [1.54, 1.807) is 11.3 Å². The summed E-state index contributed by atoms with van der Waals surface area (Å²) in [6.07, 6.45) is 4.44. The average Bonchev–Trinajstić information content (AvgIpc) is 2.85. The maximum atomic E-state index is 4.45. The van der Waals surface area contributed by atoms with Crippen molar-refractivity contribution >= 4 is 11.3 Å². The van der Waals surface area contributed by atoms with Gasteiger partial charge in [0, 0.05) is 36.6 Å². The van der Waals surface area contributed by atoms with Crippen molar-refractivity contribution in [2.75, 3.05) is 26.2 Å². The Balaban J connectivity index is 1.91. The summed E-state index contributed by atoms with van der Waals surface area (Å²) in [6, 6.07) is 0.649. The number of hydrogen-bond acceptors (Lipinski definition) is 4. The van der Waals surface area contributed by atoms with Crippen molar-refractivity contribution in [2.24, 2.45) is 5.92 Å². The van der Waals surface area contributed by atoms with Gasteiger partial charge >= 0.3 is 0 Å². The maximum Gasteiger partial charge on any atom is 0.0965 e. The van der Waals surface area contributed by atoms with Crippen LogP contribution in [0.3, 0.4) is 0 Å². The number of rotatable bonds is 5. The van der Waals surface area contributed by atoms with Crippen molar-refractivity contribution in [3.63, 3.8) is 0 Å². The lowest BCUT2D eigenvalue weighted by atomic mass is 9.98. The first-order valence-electron chi connectivity index (χ1n) is 7.55. The Hall–Kier alpha value is -0.450. The molecule has 1 N–H and O–H groups in total. The van der Waals surface area contributed by atoms with Crippen LogP contribution in [0, 0.1) is 5.92 Å². The van der Waals surface area contributed by atoms with E-state index >= 15 is 0 Å². The largest absolute Gasteiger partial charge is 0.312 e. The lowest BCUT2D eigenvalue weighted by Gasteiger charge is -2.29. The second kappa shape index (κ2) is 7.36. The molecule has 4 heteroatoms. The fourth-order valence-electron chi connectivity index (χ4n) is 2.80. The van der Waals surface area contributed by atoms with Crippen LogP contribution in [0.4, 0.5) is 0 Å². The van der Waals surface area contributed by atoms with Gasteiger partial charge in [0.1, 0.15) is 0 Å². The standard InChI is InChI=1S/C15H27N3S/c1-4-12(2)14-11-18(8-5-6-16-14)10-13(3)15-17-7-9-19-15/h7,9,12-14,16H,4-6,8,10-11H2,1-3H3. The minimum Gasteiger partial charge on any atom is -0.312 e. The number of nitrogens with zero attached hydrogens (tertiary/aromatic N) is 2. The molecule has 3 atom stereocenters. The number of aromatic nitrogens is 1. The lowest BCUT2D eigenvalue weighted by Crippen LogP contribution is -2.42. The van der Waals surface area contributed by atoms with Gasteiger partial charge in [-0.3, -0.25) is 0 Å². The molecule has 1 aromatic heterocycles. The SMILES string of the molecule is CCC(C)C1CN(CC(C)c2nccs2)CCCN1. The highest BCUT2D eigenvalue weighted by Crippen LogP contribution is 2.20. The maximum absolute atomic E-state index is 4.45. The molecular formula is C15H27N3S. The molecule has 0 spiro atoms. The number of hydrogen-bond donors (Lipinski definition) is 1. The van der Waals surface area contributed by atoms with Crippen LogP contribution < -0.4 is 5.32 Å². The van der Waals surface area contributed by atoms with Crippen LogP contribution in [0.15, 0.2) is 11.6 Å². The highest BCUT2D eigenvalue weighted by atomic mass is 32.1. The molecule has 1 fully saturated rings. The van der Waals surface area contributed by atoms with Crippen molar-refractivity contribution in [3.05, 3.63) is 16.6 Å². The van der Waals surface area contributed by atoms with Gasteiger partial charge in [-0.2, -0.15) is 0 Å². The van der Waals surface area contributed by atoms with Crippen molar-refractivity contribution in [1.82, 2.24) is 15.2 Å². The molecule has 1 aliphatic heterocycles. The Bertz CT molecular complexity index is 352. The van der Waals surface area contributed by atoms with Crippen molar-refractivity contribution in [2.45, 2.75) is 45.6 Å². The summed E-state index contributed by atoms with van der Waals surface area (Å²) in [4.78, 5) is 7.08. The summed E-state index contributed by atoms with van der Waals surface area (Å²) in [5.41, 5.74) is 0. The third-order valence-corrected chi connectivity index (χ3v) is 5.26. The first kappa shape index (κ1) is 14.9. The van der Waals surface area contributed by atoms with E-state index in [4.69, 9.17) is 0 Å². The van der Waals surface area contributed by atoms with Crippen LogP contribution in [-0.2, 0) is 0 Å². The van der Waals surface area contributed by atoms with Gasteiger partial charge in [-0.25, -0.2) is 4.98 Å². The zero-order valence-electron chi connectivity index (χ0n) is 12.4. The van der Waals surface area contributed by atoms with Gasteiger partial charge in [-0.05, 0) is 25.4 Å². The second-order valence-electron chi connectivity index (χ2n) is 5.83. The molecule has 2 heterocycles. The highest BCUT2D eigenvalue weighted by Gasteiger charge is 2.23. The molecular weight excluding hydrogens is 254 g/mol. The van der Waals surface area contributed by atoms with E-state index in [-0.39, 0.29) is 0 Å². The molecule has 3 unspecified atom stereocenters. The number of thiazole rings is 1. The highest BCUT2D eigenvalue weighted by molar-refractivity contribution is 7.09. The normalized spacial score (nSPS) is 24.9. The van der Waals surface area contributed by atoms with E-state index in [2.05, 4.69) is 41.4 Å². The Labute approximate surface area is 121 Å². The van der Waals surface area contributed by atoms with E-state index in [9.17, 15) is 0 Å². The molecule has 0 radical (unpaired) electrons. The molecule has 108 valence electrons. The molecule has 1 aliphatic rings. The van der Waals surface area contributed by atoms with Crippen LogP contribution in [0.1, 0.15) is 44.5 Å². The monoisotopic (exact) mass is 281 g/mol. The molecule has 0 saturated carbocycles. The fourth-order valence-corrected chi connectivity index (χ4v) is 3.49. The predicted molar refractivity (Wildman–Crippen MR) is 82.8 cm³/mol. The first-order valence-corrected chi connectivity index (χ1v) is 8.43. The quantitative estimate of drug-likeness (QED) is 0.899. The van der Waals surface area contributed by atoms with Gasteiger partial charge in [0.15, 0.2) is 0 Å². The Morgan fingerprint density at radius 2 is 2.37 bits per heavy atom. The summed E-state index contributed by atoms with van der Waals surface area (Å²) in [5.74, 6) is 1.31. The van der Waals surface area contributed by atoms with E-state index < -0.39 is 0 Å². The van der Waals surface area contributed by atoms with E-state index in [1.165, 1.54) is 30.9 Å². The summed E-state index contributed by atoms with van der Waals surface area (Å²) in [6.45, 7) is 11.7. The Kier molecular flexibility index (Phi) is 5.79. The first-order chi connectivity index (χ1) is 9.20. The number of nitrogens with one attached hydrogen (secondary N) is 1. The Morgan fingerprint density at radius 3 is 3.05 bits per heavy atom. The van der Waals surface area contributed by atoms with Crippen LogP contribution in [-0.4, -0.2) is 42.1 Å². The molecule has 3 nitrogen and oxygen atoms in total. The smallest absolute Gasteiger partial charge is 0.0965 e.